The summed E-state index contributed by atoms with van der Waals surface area (Å²) in [5.41, 5.74) is -1.63. The Balaban J connectivity index is 1.19. The summed E-state index contributed by atoms with van der Waals surface area (Å²) in [5.74, 6) is -1.01. The lowest BCUT2D eigenvalue weighted by Crippen LogP contribution is -2.68. The number of hydrogen-bond acceptors (Lipinski definition) is 11. The van der Waals surface area contributed by atoms with Gasteiger partial charge in [-0.25, -0.2) is 4.79 Å². The first-order valence-corrected chi connectivity index (χ1v) is 16.7. The van der Waals surface area contributed by atoms with Crippen molar-refractivity contribution < 1.29 is 53.0 Å². The highest BCUT2D eigenvalue weighted by atomic mass is 16.7. The van der Waals surface area contributed by atoms with E-state index in [1.165, 1.54) is 21.0 Å². The number of cyclic esters (lactones) is 1. The van der Waals surface area contributed by atoms with Crippen LogP contribution >= 0.6 is 0 Å². The minimum Gasteiger partial charge on any atom is -0.458 e. The molecule has 6 aliphatic rings. The number of esters is 3. The maximum atomic E-state index is 12.5. The van der Waals surface area contributed by atoms with Gasteiger partial charge >= 0.3 is 17.9 Å². The van der Waals surface area contributed by atoms with E-state index in [1.54, 1.807) is 13.0 Å². The number of methoxy groups -OCH3 is 1. The number of aliphatic hydroxyl groups is 2. The summed E-state index contributed by atoms with van der Waals surface area (Å²) in [6.45, 7) is 9.06. The zero-order valence-electron chi connectivity index (χ0n) is 27.4. The molecule has 0 aromatic heterocycles. The van der Waals surface area contributed by atoms with Crippen LogP contribution in [0, 0.1) is 28.6 Å². The van der Waals surface area contributed by atoms with Gasteiger partial charge in [0.1, 0.15) is 12.7 Å². The lowest BCUT2D eigenvalue weighted by atomic mass is 9.42. The fourth-order valence-corrected chi connectivity index (χ4v) is 10.7. The molecule has 0 aromatic rings. The van der Waals surface area contributed by atoms with Crippen LogP contribution in [-0.4, -0.2) is 89.8 Å². The van der Waals surface area contributed by atoms with E-state index in [1.807, 2.05) is 0 Å². The molecule has 1 saturated heterocycles. The van der Waals surface area contributed by atoms with E-state index in [4.69, 9.17) is 28.4 Å². The standard InChI is InChI=1S/C34H50O11/c1-18-27(43-19(2)35)28(40-6)29(44-20(3)36)30(42-18)45-22-7-11-31(4)24-8-12-32(5)23(21-15-26(37)41-17-21)10-14-34(32,39)25(24)9-13-33(31,38)16-22/h15,18,22-25,27-30,38-39H,7-14,16-17H2,1-6H3/t18?,22-,23?,24?,25?,27+,28?,29-,30?,31?,32?,33?,34?/m1/s1. The highest BCUT2D eigenvalue weighted by molar-refractivity contribution is 5.85. The summed E-state index contributed by atoms with van der Waals surface area (Å²) in [4.78, 5) is 35.8. The third kappa shape index (κ3) is 5.16. The van der Waals surface area contributed by atoms with Gasteiger partial charge in [-0.3, -0.25) is 9.59 Å². The average molecular weight is 635 g/mol. The first-order chi connectivity index (χ1) is 21.2. The van der Waals surface area contributed by atoms with Crippen molar-refractivity contribution >= 4 is 17.9 Å². The highest BCUT2D eigenvalue weighted by Crippen LogP contribution is 2.70. The molecule has 13 atom stereocenters. The molecule has 0 spiro atoms. The van der Waals surface area contributed by atoms with Crippen molar-refractivity contribution in [2.24, 2.45) is 28.6 Å². The van der Waals surface area contributed by atoms with Gasteiger partial charge in [-0.05, 0) is 87.0 Å². The van der Waals surface area contributed by atoms with E-state index in [2.05, 4.69) is 13.8 Å². The number of hydrogen-bond donors (Lipinski definition) is 2. The summed E-state index contributed by atoms with van der Waals surface area (Å²) >= 11 is 0. The first-order valence-electron chi connectivity index (χ1n) is 16.7. The molecule has 4 aliphatic carbocycles. The smallest absolute Gasteiger partial charge is 0.331 e. The van der Waals surface area contributed by atoms with E-state index in [-0.39, 0.29) is 35.2 Å². The molecule has 10 unspecified atom stereocenters. The van der Waals surface area contributed by atoms with Crippen molar-refractivity contribution in [1.82, 2.24) is 0 Å². The van der Waals surface area contributed by atoms with Crippen LogP contribution in [-0.2, 0) is 42.8 Å². The number of fused-ring (bicyclic) bond motifs is 5. The van der Waals surface area contributed by atoms with Crippen molar-refractivity contribution in [3.63, 3.8) is 0 Å². The summed E-state index contributed by atoms with van der Waals surface area (Å²) in [5, 5.41) is 24.9. The molecule has 5 fully saturated rings. The van der Waals surface area contributed by atoms with Crippen molar-refractivity contribution in [3.8, 4) is 0 Å². The predicted octanol–water partition coefficient (Wildman–Crippen LogP) is 3.37. The number of rotatable bonds is 6. The lowest BCUT2D eigenvalue weighted by Gasteiger charge is -2.66. The Morgan fingerprint density at radius 2 is 1.56 bits per heavy atom. The highest BCUT2D eigenvalue weighted by Gasteiger charge is 2.70. The van der Waals surface area contributed by atoms with Crippen molar-refractivity contribution in [1.29, 1.82) is 0 Å². The van der Waals surface area contributed by atoms with Gasteiger partial charge in [0.15, 0.2) is 18.5 Å². The molecule has 252 valence electrons. The van der Waals surface area contributed by atoms with Crippen LogP contribution in [0.4, 0.5) is 0 Å². The van der Waals surface area contributed by atoms with E-state index < -0.39 is 59.3 Å². The normalized spacial score (nSPS) is 49.2. The molecule has 4 saturated carbocycles. The zero-order chi connectivity index (χ0) is 32.5. The molecule has 2 heterocycles. The minimum absolute atomic E-state index is 0.0548. The van der Waals surface area contributed by atoms with Crippen LogP contribution in [0.3, 0.4) is 0 Å². The Morgan fingerprint density at radius 1 is 0.889 bits per heavy atom. The average Bonchev–Trinajstić information content (AvgIpc) is 3.51. The Bertz CT molecular complexity index is 1230. The fourth-order valence-electron chi connectivity index (χ4n) is 10.7. The largest absolute Gasteiger partial charge is 0.458 e. The fraction of sp³-hybridized carbons (Fsp3) is 0.853. The monoisotopic (exact) mass is 634 g/mol. The van der Waals surface area contributed by atoms with Crippen LogP contribution in [0.2, 0.25) is 0 Å². The Morgan fingerprint density at radius 3 is 2.20 bits per heavy atom. The topological polar surface area (TPSA) is 147 Å². The van der Waals surface area contributed by atoms with Gasteiger partial charge in [0, 0.05) is 38.9 Å². The maximum absolute atomic E-state index is 12.5. The first kappa shape index (κ1) is 32.9. The molecule has 0 amide bonds. The molecular formula is C34H50O11. The lowest BCUT2D eigenvalue weighted by molar-refractivity contribution is -0.324. The minimum atomic E-state index is -1.01. The second-order valence-corrected chi connectivity index (χ2v) is 15.1. The maximum Gasteiger partial charge on any atom is 0.331 e. The van der Waals surface area contributed by atoms with Crippen LogP contribution in [0.1, 0.15) is 92.4 Å². The third-order valence-corrected chi connectivity index (χ3v) is 13.0. The van der Waals surface area contributed by atoms with Gasteiger partial charge in [-0.2, -0.15) is 0 Å². The Labute approximate surface area is 265 Å². The van der Waals surface area contributed by atoms with E-state index >= 15 is 0 Å². The number of ether oxygens (including phenoxy) is 6. The van der Waals surface area contributed by atoms with Gasteiger partial charge in [0.2, 0.25) is 0 Å². The molecule has 0 radical (unpaired) electrons. The number of carbonyl (C=O) groups is 3. The van der Waals surface area contributed by atoms with Crippen LogP contribution in [0.5, 0.6) is 0 Å². The summed E-state index contributed by atoms with van der Waals surface area (Å²) in [6, 6.07) is 0. The van der Waals surface area contributed by atoms with Crippen LogP contribution < -0.4 is 0 Å². The molecule has 0 bridgehead atoms. The zero-order valence-corrected chi connectivity index (χ0v) is 27.4. The Kier molecular flexibility index (Phi) is 8.46. The van der Waals surface area contributed by atoms with E-state index in [9.17, 15) is 24.6 Å². The molecule has 2 N–H and O–H groups in total. The molecule has 2 aliphatic heterocycles. The van der Waals surface area contributed by atoms with Gasteiger partial charge in [0.05, 0.1) is 23.4 Å². The molecule has 0 aromatic carbocycles. The van der Waals surface area contributed by atoms with E-state index in [0.29, 0.717) is 45.1 Å². The summed E-state index contributed by atoms with van der Waals surface area (Å²) < 4.78 is 34.7. The molecule has 11 nitrogen and oxygen atoms in total. The summed E-state index contributed by atoms with van der Waals surface area (Å²) in [6.07, 6.45) is 3.42. The van der Waals surface area contributed by atoms with Crippen LogP contribution in [0.15, 0.2) is 11.6 Å². The molecule has 45 heavy (non-hydrogen) atoms. The van der Waals surface area contributed by atoms with Crippen molar-refractivity contribution in [2.45, 2.75) is 140 Å². The Hall–Kier alpha value is -2.05. The molecule has 6 rings (SSSR count). The van der Waals surface area contributed by atoms with Gasteiger partial charge in [-0.1, -0.05) is 13.8 Å². The van der Waals surface area contributed by atoms with E-state index in [0.717, 1.165) is 24.8 Å². The second-order valence-electron chi connectivity index (χ2n) is 15.1. The van der Waals surface area contributed by atoms with Crippen molar-refractivity contribution in [2.75, 3.05) is 13.7 Å². The van der Waals surface area contributed by atoms with Crippen LogP contribution in [0.25, 0.3) is 0 Å². The van der Waals surface area contributed by atoms with Gasteiger partial charge in [0.25, 0.3) is 0 Å². The second kappa shape index (κ2) is 11.6. The predicted molar refractivity (Wildman–Crippen MR) is 158 cm³/mol. The van der Waals surface area contributed by atoms with Gasteiger partial charge in [-0.15, -0.1) is 0 Å². The molecular weight excluding hydrogens is 584 g/mol. The summed E-state index contributed by atoms with van der Waals surface area (Å²) in [7, 11) is 1.47. The third-order valence-electron chi connectivity index (χ3n) is 13.0. The molecule has 11 heteroatoms. The SMILES string of the molecule is COC1[C@@H](OC(C)=O)C(C)OC(O[C@@H]2CCC3(C)C4CCC5(C)C(C6=CC(=O)OC6)CCC5(O)C4CCC3(O)C2)[C@@H]1OC(C)=O. The van der Waals surface area contributed by atoms with Gasteiger partial charge < -0.3 is 38.6 Å². The van der Waals surface area contributed by atoms with Crippen molar-refractivity contribution in [3.05, 3.63) is 11.6 Å². The quantitative estimate of drug-likeness (QED) is 0.252. The number of carbonyl (C=O) groups excluding carboxylic acids is 3.